The van der Waals surface area contributed by atoms with Gasteiger partial charge in [-0.2, -0.15) is 0 Å². The Morgan fingerprint density at radius 3 is 2.20 bits per heavy atom. The van der Waals surface area contributed by atoms with E-state index >= 15 is 0 Å². The van der Waals surface area contributed by atoms with Crippen LogP contribution in [0.25, 0.3) is 4.91 Å². The van der Waals surface area contributed by atoms with E-state index in [4.69, 9.17) is 10.5 Å². The van der Waals surface area contributed by atoms with Crippen LogP contribution in [0.5, 0.6) is 5.75 Å². The van der Waals surface area contributed by atoms with E-state index in [2.05, 4.69) is 84.1 Å². The number of thioether (sulfide) groups is 2. The molecule has 1 amide bonds. The standard InChI is InChI=1S/C33H46N2O2S2.C2H6/c1-8-12-13-30(34)38-29-21-26(15-14-25(29)7)22-31(36)35-33(24(6)11-4)39-32(23(5)10-3)27-16-18-28(19-17-27)37-20-9-2;1-2/h13-19,21H,8-12,20,22,34H2,1-7H3,(H,35,36);1-2H3/b30-13+,32-23?,33-24?;. The van der Waals surface area contributed by atoms with Crippen molar-refractivity contribution >= 4 is 34.3 Å². The van der Waals surface area contributed by atoms with Gasteiger partial charge in [-0.25, -0.2) is 0 Å². The number of amides is 1. The van der Waals surface area contributed by atoms with E-state index in [0.717, 1.165) is 75.1 Å². The van der Waals surface area contributed by atoms with Gasteiger partial charge in [0.15, 0.2) is 0 Å². The maximum atomic E-state index is 13.3. The molecule has 0 aromatic heterocycles. The van der Waals surface area contributed by atoms with Crippen LogP contribution >= 0.6 is 23.5 Å². The minimum atomic E-state index is -0.0172. The molecule has 0 bridgehead atoms. The number of carbonyl (C=O) groups is 1. The summed E-state index contributed by atoms with van der Waals surface area (Å²) in [5.41, 5.74) is 11.9. The third-order valence-electron chi connectivity index (χ3n) is 6.36. The number of nitrogens with two attached hydrogens (primary N) is 1. The maximum Gasteiger partial charge on any atom is 0.229 e. The quantitative estimate of drug-likeness (QED) is 0.200. The number of unbranched alkanes of at least 4 members (excludes halogenated alkanes) is 1. The molecule has 0 saturated carbocycles. The van der Waals surface area contributed by atoms with Crippen molar-refractivity contribution in [2.75, 3.05) is 6.61 Å². The smallest absolute Gasteiger partial charge is 0.229 e. The molecular weight excluding hydrogens is 545 g/mol. The van der Waals surface area contributed by atoms with Crippen LogP contribution in [0, 0.1) is 6.92 Å². The molecule has 0 fully saturated rings. The monoisotopic (exact) mass is 596 g/mol. The first-order chi connectivity index (χ1) is 19.7. The van der Waals surface area contributed by atoms with E-state index in [0.29, 0.717) is 13.0 Å². The second-order valence-corrected chi connectivity index (χ2v) is 11.9. The highest BCUT2D eigenvalue weighted by Gasteiger charge is 2.15. The summed E-state index contributed by atoms with van der Waals surface area (Å²) in [6, 6.07) is 14.5. The molecule has 0 spiro atoms. The minimum Gasteiger partial charge on any atom is -0.494 e. The van der Waals surface area contributed by atoms with Gasteiger partial charge in [0.25, 0.3) is 0 Å². The van der Waals surface area contributed by atoms with Crippen LogP contribution in [0.2, 0.25) is 0 Å². The molecule has 3 N–H and O–H groups in total. The van der Waals surface area contributed by atoms with Crippen molar-refractivity contribution in [3.63, 3.8) is 0 Å². The number of ether oxygens (including phenoxy) is 1. The summed E-state index contributed by atoms with van der Waals surface area (Å²) in [5, 5.41) is 4.95. The van der Waals surface area contributed by atoms with Gasteiger partial charge in [-0.15, -0.1) is 0 Å². The lowest BCUT2D eigenvalue weighted by Crippen LogP contribution is -2.24. The fourth-order valence-electron chi connectivity index (χ4n) is 3.63. The topological polar surface area (TPSA) is 64.4 Å². The molecule has 4 nitrogen and oxygen atoms in total. The lowest BCUT2D eigenvalue weighted by Gasteiger charge is -2.18. The van der Waals surface area contributed by atoms with Gasteiger partial charge >= 0.3 is 0 Å². The zero-order valence-electron chi connectivity index (χ0n) is 26.8. The molecule has 41 heavy (non-hydrogen) atoms. The van der Waals surface area contributed by atoms with Crippen molar-refractivity contribution < 1.29 is 9.53 Å². The van der Waals surface area contributed by atoms with Gasteiger partial charge in [-0.1, -0.05) is 107 Å². The number of aryl methyl sites for hydroxylation is 1. The predicted octanol–water partition coefficient (Wildman–Crippen LogP) is 10.4. The van der Waals surface area contributed by atoms with Gasteiger partial charge in [0, 0.05) is 9.80 Å². The van der Waals surface area contributed by atoms with E-state index in [1.54, 1.807) is 23.5 Å². The number of nitrogens with one attached hydrogen (secondary N) is 1. The molecule has 2 aromatic rings. The van der Waals surface area contributed by atoms with Crippen molar-refractivity contribution in [3.05, 3.63) is 86.4 Å². The fraction of sp³-hybridized carbons (Fsp3) is 0.457. The summed E-state index contributed by atoms with van der Waals surface area (Å²) in [5.74, 6) is 0.863. The summed E-state index contributed by atoms with van der Waals surface area (Å²) in [7, 11) is 0. The van der Waals surface area contributed by atoms with Gasteiger partial charge in [-0.3, -0.25) is 4.79 Å². The number of benzene rings is 2. The van der Waals surface area contributed by atoms with E-state index in [-0.39, 0.29) is 5.91 Å². The van der Waals surface area contributed by atoms with Crippen LogP contribution in [-0.2, 0) is 11.2 Å². The first-order valence-corrected chi connectivity index (χ1v) is 16.7. The average molecular weight is 597 g/mol. The average Bonchev–Trinajstić information content (AvgIpc) is 2.99. The molecule has 0 atom stereocenters. The summed E-state index contributed by atoms with van der Waals surface area (Å²) < 4.78 is 5.78. The van der Waals surface area contributed by atoms with Crippen molar-refractivity contribution in [1.82, 2.24) is 5.32 Å². The number of rotatable bonds is 15. The van der Waals surface area contributed by atoms with E-state index < -0.39 is 0 Å². The van der Waals surface area contributed by atoms with Crippen molar-refractivity contribution in [1.29, 1.82) is 0 Å². The van der Waals surface area contributed by atoms with Crippen LogP contribution in [0.1, 0.15) is 104 Å². The molecule has 0 aliphatic heterocycles. The van der Waals surface area contributed by atoms with Gasteiger partial charge < -0.3 is 15.8 Å². The molecule has 2 rings (SSSR count). The molecule has 0 aliphatic rings. The predicted molar refractivity (Wildman–Crippen MR) is 183 cm³/mol. The first kappa shape index (κ1) is 36.5. The lowest BCUT2D eigenvalue weighted by molar-refractivity contribution is -0.119. The van der Waals surface area contributed by atoms with Gasteiger partial charge in [0.05, 0.1) is 23.1 Å². The number of hydrogen-bond acceptors (Lipinski definition) is 5. The molecule has 226 valence electrons. The molecule has 0 heterocycles. The van der Waals surface area contributed by atoms with Gasteiger partial charge in [0.2, 0.25) is 5.91 Å². The minimum absolute atomic E-state index is 0.0172. The fourth-order valence-corrected chi connectivity index (χ4v) is 5.79. The summed E-state index contributed by atoms with van der Waals surface area (Å²) in [6.45, 7) is 19.6. The van der Waals surface area contributed by atoms with Gasteiger partial charge in [-0.05, 0) is 86.9 Å². The second kappa shape index (κ2) is 20.3. The molecule has 6 heteroatoms. The lowest BCUT2D eigenvalue weighted by atomic mass is 10.1. The second-order valence-electron chi connectivity index (χ2n) is 9.72. The Balaban J connectivity index is 0.00000411. The van der Waals surface area contributed by atoms with Crippen molar-refractivity contribution in [2.45, 2.75) is 106 Å². The van der Waals surface area contributed by atoms with Gasteiger partial charge in [0.1, 0.15) is 5.75 Å². The Hall–Kier alpha value is -2.57. The zero-order valence-corrected chi connectivity index (χ0v) is 28.4. The van der Waals surface area contributed by atoms with Crippen LogP contribution < -0.4 is 15.8 Å². The third-order valence-corrected chi connectivity index (χ3v) is 8.87. The molecular formula is C35H52N2O2S2. The Morgan fingerprint density at radius 2 is 1.61 bits per heavy atom. The Kier molecular flexibility index (Phi) is 18.1. The molecule has 0 unspecified atom stereocenters. The van der Waals surface area contributed by atoms with Crippen LogP contribution in [0.3, 0.4) is 0 Å². The van der Waals surface area contributed by atoms with E-state index in [1.807, 2.05) is 32.0 Å². The van der Waals surface area contributed by atoms with Crippen molar-refractivity contribution in [3.8, 4) is 5.75 Å². The highest BCUT2D eigenvalue weighted by Crippen LogP contribution is 2.38. The summed E-state index contributed by atoms with van der Waals surface area (Å²) >= 11 is 3.22. The van der Waals surface area contributed by atoms with Crippen LogP contribution in [0.4, 0.5) is 0 Å². The molecule has 2 aromatic carbocycles. The molecule has 0 radical (unpaired) electrons. The normalized spacial score (nSPS) is 12.6. The Bertz CT molecular complexity index is 1180. The zero-order chi connectivity index (χ0) is 30.8. The van der Waals surface area contributed by atoms with Crippen molar-refractivity contribution in [2.24, 2.45) is 5.73 Å². The molecule has 0 saturated heterocycles. The highest BCUT2D eigenvalue weighted by molar-refractivity contribution is 8.11. The van der Waals surface area contributed by atoms with E-state index in [1.165, 1.54) is 10.5 Å². The molecule has 0 aliphatic carbocycles. The van der Waals surface area contributed by atoms with Crippen LogP contribution in [0.15, 0.2) is 74.6 Å². The largest absolute Gasteiger partial charge is 0.494 e. The van der Waals surface area contributed by atoms with Crippen LogP contribution in [-0.4, -0.2) is 12.5 Å². The number of carbonyl (C=O) groups excluding carboxylic acids is 1. The third kappa shape index (κ3) is 12.9. The first-order valence-electron chi connectivity index (χ1n) is 15.1. The number of hydrogen-bond donors (Lipinski definition) is 2. The van der Waals surface area contributed by atoms with E-state index in [9.17, 15) is 4.79 Å². The highest BCUT2D eigenvalue weighted by atomic mass is 32.2. The summed E-state index contributed by atoms with van der Waals surface area (Å²) in [4.78, 5) is 15.5. The Labute approximate surface area is 258 Å². The SMILES string of the molecule is CC.CCC/C=C(\N)Sc1cc(CC(=O)NC(SC(=C(C)CC)c2ccc(OCCC)cc2)=C(C)CC)ccc1C. The summed E-state index contributed by atoms with van der Waals surface area (Å²) in [6.07, 6.45) is 7.19. The number of allylic oxidation sites excluding steroid dienone is 3. The Morgan fingerprint density at radius 1 is 0.951 bits per heavy atom. The maximum absolute atomic E-state index is 13.3.